The number of hydrogen-bond donors (Lipinski definition) is 2. The Hall–Kier alpha value is 0.0300. The largest absolute Gasteiger partial charge is 0.396 e. The van der Waals surface area contributed by atoms with E-state index in [9.17, 15) is 4.57 Å². The van der Waals surface area contributed by atoms with E-state index < -0.39 is 7.60 Å². The van der Waals surface area contributed by atoms with Gasteiger partial charge in [-0.05, 0) is 25.9 Å². The van der Waals surface area contributed by atoms with Crippen molar-refractivity contribution in [3.63, 3.8) is 0 Å². The van der Waals surface area contributed by atoms with Crippen LogP contribution >= 0.6 is 7.60 Å². The summed E-state index contributed by atoms with van der Waals surface area (Å²) in [5.74, 6) is 0. The van der Waals surface area contributed by atoms with Crippen molar-refractivity contribution in [3.05, 3.63) is 0 Å². The molecule has 0 aliphatic rings. The Morgan fingerprint density at radius 3 is 1.78 bits per heavy atom. The van der Waals surface area contributed by atoms with Gasteiger partial charge in [-0.25, -0.2) is 0 Å². The molecule has 0 bridgehead atoms. The van der Waals surface area contributed by atoms with Gasteiger partial charge in [0, 0.05) is 13.2 Å². The maximum atomic E-state index is 12.4. The fourth-order valence-corrected chi connectivity index (χ4v) is 3.27. The molecule has 0 heterocycles. The Kier molecular flexibility index (Phi) is 10.9. The van der Waals surface area contributed by atoms with Crippen molar-refractivity contribution in [1.82, 2.24) is 4.90 Å². The van der Waals surface area contributed by atoms with Crippen molar-refractivity contribution in [2.45, 2.75) is 26.7 Å². The van der Waals surface area contributed by atoms with Crippen LogP contribution in [0.4, 0.5) is 0 Å². The van der Waals surface area contributed by atoms with Crippen molar-refractivity contribution >= 4 is 7.60 Å². The lowest BCUT2D eigenvalue weighted by Gasteiger charge is -2.25. The first kappa shape index (κ1) is 18.0. The molecule has 0 aromatic heterocycles. The molecule has 0 aliphatic heterocycles. The standard InChI is InChI=1S/C11H26NO5P/c1-3-12(4-2)11-18(15,16-9-5-7-13)17-10-6-8-14/h13-14H,3-11H2,1-2H3. The third-order valence-corrected chi connectivity index (χ3v) is 4.35. The summed E-state index contributed by atoms with van der Waals surface area (Å²) in [6.07, 6.45) is 1.12. The van der Waals surface area contributed by atoms with E-state index in [1.54, 1.807) is 0 Å². The van der Waals surface area contributed by atoms with Crippen LogP contribution < -0.4 is 0 Å². The highest BCUT2D eigenvalue weighted by molar-refractivity contribution is 7.53. The maximum absolute atomic E-state index is 12.4. The third-order valence-electron chi connectivity index (χ3n) is 2.45. The first-order chi connectivity index (χ1) is 8.61. The second kappa shape index (κ2) is 10.9. The van der Waals surface area contributed by atoms with Crippen molar-refractivity contribution in [2.24, 2.45) is 0 Å². The Morgan fingerprint density at radius 2 is 1.44 bits per heavy atom. The highest BCUT2D eigenvalue weighted by Crippen LogP contribution is 2.48. The van der Waals surface area contributed by atoms with Crippen LogP contribution in [-0.2, 0) is 13.6 Å². The van der Waals surface area contributed by atoms with Gasteiger partial charge in [-0.2, -0.15) is 0 Å². The van der Waals surface area contributed by atoms with Crippen LogP contribution in [0.5, 0.6) is 0 Å². The summed E-state index contributed by atoms with van der Waals surface area (Å²) in [5.41, 5.74) is 0. The third kappa shape index (κ3) is 8.19. The fourth-order valence-electron chi connectivity index (χ4n) is 1.32. The predicted molar refractivity (Wildman–Crippen MR) is 70.7 cm³/mol. The highest BCUT2D eigenvalue weighted by atomic mass is 31.2. The van der Waals surface area contributed by atoms with Crippen LogP contribution in [0.1, 0.15) is 26.7 Å². The minimum Gasteiger partial charge on any atom is -0.396 e. The SMILES string of the molecule is CCN(CC)CP(=O)(OCCCO)OCCCO. The molecule has 0 saturated carbocycles. The fraction of sp³-hybridized carbons (Fsp3) is 1.00. The minimum atomic E-state index is -3.16. The van der Waals surface area contributed by atoms with Crippen LogP contribution in [0.2, 0.25) is 0 Å². The Labute approximate surface area is 109 Å². The lowest BCUT2D eigenvalue weighted by atomic mass is 10.5. The molecule has 0 aromatic carbocycles. The molecule has 0 fully saturated rings. The van der Waals surface area contributed by atoms with E-state index >= 15 is 0 Å². The average molecular weight is 283 g/mol. The summed E-state index contributed by atoms with van der Waals surface area (Å²) in [5, 5.41) is 17.4. The molecule has 0 amide bonds. The van der Waals surface area contributed by atoms with E-state index in [-0.39, 0.29) is 32.7 Å². The number of hydrogen-bond acceptors (Lipinski definition) is 6. The lowest BCUT2D eigenvalue weighted by molar-refractivity contribution is 0.161. The molecule has 0 spiro atoms. The van der Waals surface area contributed by atoms with Gasteiger partial charge in [0.25, 0.3) is 0 Å². The number of aliphatic hydroxyl groups excluding tert-OH is 2. The molecule has 0 atom stereocenters. The highest BCUT2D eigenvalue weighted by Gasteiger charge is 2.26. The zero-order valence-corrected chi connectivity index (χ0v) is 12.3. The van der Waals surface area contributed by atoms with Gasteiger partial charge in [0.2, 0.25) is 0 Å². The van der Waals surface area contributed by atoms with E-state index in [0.717, 1.165) is 13.1 Å². The minimum absolute atomic E-state index is 0.00189. The quantitative estimate of drug-likeness (QED) is 0.415. The van der Waals surface area contributed by atoms with Crippen LogP contribution in [-0.4, -0.2) is 60.9 Å². The van der Waals surface area contributed by atoms with E-state index in [4.69, 9.17) is 19.3 Å². The topological polar surface area (TPSA) is 79.2 Å². The monoisotopic (exact) mass is 283 g/mol. The molecule has 0 rings (SSSR count). The van der Waals surface area contributed by atoms with Crippen LogP contribution in [0.3, 0.4) is 0 Å². The van der Waals surface area contributed by atoms with Gasteiger partial charge in [-0.3, -0.25) is 9.46 Å². The van der Waals surface area contributed by atoms with Gasteiger partial charge in [0.05, 0.1) is 13.2 Å². The van der Waals surface area contributed by atoms with Gasteiger partial charge in [-0.15, -0.1) is 0 Å². The molecule has 2 N–H and O–H groups in total. The average Bonchev–Trinajstić information content (AvgIpc) is 2.37. The first-order valence-corrected chi connectivity index (χ1v) is 8.16. The van der Waals surface area contributed by atoms with Gasteiger partial charge < -0.3 is 19.3 Å². The van der Waals surface area contributed by atoms with Crippen LogP contribution in [0.15, 0.2) is 0 Å². The van der Waals surface area contributed by atoms with Gasteiger partial charge in [-0.1, -0.05) is 13.8 Å². The summed E-state index contributed by atoms with van der Waals surface area (Å²) in [4.78, 5) is 1.97. The van der Waals surface area contributed by atoms with Crippen molar-refractivity contribution < 1.29 is 23.8 Å². The second-order valence-corrected chi connectivity index (χ2v) is 5.90. The van der Waals surface area contributed by atoms with E-state index in [1.165, 1.54) is 0 Å². The maximum Gasteiger partial charge on any atom is 0.344 e. The Bertz CT molecular complexity index is 221. The van der Waals surface area contributed by atoms with E-state index in [2.05, 4.69) is 0 Å². The van der Waals surface area contributed by atoms with Gasteiger partial charge in [0.15, 0.2) is 0 Å². The molecule has 6 nitrogen and oxygen atoms in total. The molecule has 7 heteroatoms. The zero-order chi connectivity index (χ0) is 13.9. The van der Waals surface area contributed by atoms with Crippen LogP contribution in [0, 0.1) is 0 Å². The number of rotatable bonds is 12. The summed E-state index contributed by atoms with van der Waals surface area (Å²) in [6, 6.07) is 0. The summed E-state index contributed by atoms with van der Waals surface area (Å²) >= 11 is 0. The van der Waals surface area contributed by atoms with Crippen LogP contribution in [0.25, 0.3) is 0 Å². The second-order valence-electron chi connectivity index (χ2n) is 3.88. The predicted octanol–water partition coefficient (Wildman–Crippen LogP) is 1.28. The normalized spacial score (nSPS) is 12.3. The molecule has 0 unspecified atom stereocenters. The molecule has 0 radical (unpaired) electrons. The van der Waals surface area contributed by atoms with Gasteiger partial charge >= 0.3 is 7.60 Å². The molecular weight excluding hydrogens is 257 g/mol. The molecule has 0 saturated heterocycles. The Balaban J connectivity index is 4.32. The van der Waals surface area contributed by atoms with Crippen molar-refractivity contribution in [2.75, 3.05) is 45.8 Å². The lowest BCUT2D eigenvalue weighted by Crippen LogP contribution is -2.25. The first-order valence-electron chi connectivity index (χ1n) is 6.44. The summed E-state index contributed by atoms with van der Waals surface area (Å²) < 4.78 is 23.0. The van der Waals surface area contributed by atoms with E-state index in [0.29, 0.717) is 12.8 Å². The molecule has 0 aromatic rings. The summed E-state index contributed by atoms with van der Waals surface area (Å²) in [7, 11) is -3.16. The molecule has 18 heavy (non-hydrogen) atoms. The number of nitrogens with zero attached hydrogens (tertiary/aromatic N) is 1. The van der Waals surface area contributed by atoms with Crippen molar-refractivity contribution in [3.8, 4) is 0 Å². The van der Waals surface area contributed by atoms with Gasteiger partial charge in [0.1, 0.15) is 6.29 Å². The molecule has 0 aliphatic carbocycles. The molecule has 110 valence electrons. The Morgan fingerprint density at radius 1 is 1.00 bits per heavy atom. The summed E-state index contributed by atoms with van der Waals surface area (Å²) in [6.45, 7) is 5.94. The smallest absolute Gasteiger partial charge is 0.344 e. The number of aliphatic hydroxyl groups is 2. The van der Waals surface area contributed by atoms with E-state index in [1.807, 2.05) is 18.7 Å². The zero-order valence-electron chi connectivity index (χ0n) is 11.4. The molecular formula is C11H26NO5P. The van der Waals surface area contributed by atoms with Crippen molar-refractivity contribution in [1.29, 1.82) is 0 Å².